The molecule has 3 aromatic rings. The van der Waals surface area contributed by atoms with Gasteiger partial charge in [0.2, 0.25) is 0 Å². The third-order valence-corrected chi connectivity index (χ3v) is 4.59. The molecule has 122 valence electrons. The first-order valence-corrected chi connectivity index (χ1v) is 8.42. The van der Waals surface area contributed by atoms with Gasteiger partial charge in [0.15, 0.2) is 0 Å². The van der Waals surface area contributed by atoms with E-state index in [1.807, 2.05) is 60.7 Å². The third kappa shape index (κ3) is 4.03. The van der Waals surface area contributed by atoms with E-state index >= 15 is 0 Å². The Hall–Kier alpha value is -2.59. The van der Waals surface area contributed by atoms with Crippen LogP contribution in [0.5, 0.6) is 11.5 Å². The number of hydrogen-bond donors (Lipinski definition) is 1. The molecule has 3 nitrogen and oxygen atoms in total. The SMILES string of the molecule is COc1ccc(Nc2ccc(OC)cc2Sc2ccccc2)cc1. The Morgan fingerprint density at radius 2 is 1.42 bits per heavy atom. The molecule has 0 aliphatic carbocycles. The molecule has 0 atom stereocenters. The highest BCUT2D eigenvalue weighted by atomic mass is 32.2. The number of anilines is 2. The van der Waals surface area contributed by atoms with Gasteiger partial charge in [0.1, 0.15) is 11.5 Å². The molecular formula is C20H19NO2S. The lowest BCUT2D eigenvalue weighted by atomic mass is 10.2. The fraction of sp³-hybridized carbons (Fsp3) is 0.100. The summed E-state index contributed by atoms with van der Waals surface area (Å²) in [5, 5.41) is 3.46. The monoisotopic (exact) mass is 337 g/mol. The van der Waals surface area contributed by atoms with Gasteiger partial charge in [0.05, 0.1) is 19.9 Å². The van der Waals surface area contributed by atoms with Gasteiger partial charge in [-0.05, 0) is 54.6 Å². The molecule has 0 radical (unpaired) electrons. The number of hydrogen-bond acceptors (Lipinski definition) is 4. The largest absolute Gasteiger partial charge is 0.497 e. The molecule has 0 saturated heterocycles. The van der Waals surface area contributed by atoms with Crippen LogP contribution in [0, 0.1) is 0 Å². The summed E-state index contributed by atoms with van der Waals surface area (Å²) >= 11 is 1.70. The number of rotatable bonds is 6. The zero-order valence-corrected chi connectivity index (χ0v) is 14.5. The summed E-state index contributed by atoms with van der Waals surface area (Å²) in [5.41, 5.74) is 2.05. The smallest absolute Gasteiger partial charge is 0.120 e. The van der Waals surface area contributed by atoms with E-state index < -0.39 is 0 Å². The average Bonchev–Trinajstić information content (AvgIpc) is 2.64. The first kappa shape index (κ1) is 16.3. The molecule has 0 aliphatic heterocycles. The van der Waals surface area contributed by atoms with Crippen LogP contribution < -0.4 is 14.8 Å². The highest BCUT2D eigenvalue weighted by Gasteiger charge is 2.07. The van der Waals surface area contributed by atoms with E-state index in [9.17, 15) is 0 Å². The predicted molar refractivity (Wildman–Crippen MR) is 99.8 cm³/mol. The van der Waals surface area contributed by atoms with E-state index in [0.717, 1.165) is 27.8 Å². The van der Waals surface area contributed by atoms with Gasteiger partial charge in [-0.1, -0.05) is 30.0 Å². The van der Waals surface area contributed by atoms with Gasteiger partial charge in [0, 0.05) is 15.5 Å². The fourth-order valence-electron chi connectivity index (χ4n) is 2.26. The summed E-state index contributed by atoms with van der Waals surface area (Å²) in [6, 6.07) is 24.2. The van der Waals surface area contributed by atoms with Crippen LogP contribution in [0.2, 0.25) is 0 Å². The quantitative estimate of drug-likeness (QED) is 0.634. The lowest BCUT2D eigenvalue weighted by molar-refractivity contribution is 0.414. The average molecular weight is 337 g/mol. The Bertz CT molecular complexity index is 788. The standard InChI is InChI=1S/C20H19NO2S/c1-22-16-10-8-15(9-11-16)21-19-13-12-17(23-2)14-20(19)24-18-6-4-3-5-7-18/h3-14,21H,1-2H3. The van der Waals surface area contributed by atoms with Gasteiger partial charge in [-0.3, -0.25) is 0 Å². The Morgan fingerprint density at radius 3 is 2.08 bits per heavy atom. The second-order valence-electron chi connectivity index (χ2n) is 5.13. The molecule has 1 N–H and O–H groups in total. The summed E-state index contributed by atoms with van der Waals surface area (Å²) in [6.07, 6.45) is 0. The summed E-state index contributed by atoms with van der Waals surface area (Å²) in [4.78, 5) is 2.29. The van der Waals surface area contributed by atoms with Gasteiger partial charge < -0.3 is 14.8 Å². The van der Waals surface area contributed by atoms with Crippen LogP contribution in [0.25, 0.3) is 0 Å². The topological polar surface area (TPSA) is 30.5 Å². The van der Waals surface area contributed by atoms with E-state index in [1.54, 1.807) is 26.0 Å². The second kappa shape index (κ2) is 7.79. The molecule has 0 saturated carbocycles. The minimum absolute atomic E-state index is 0.841. The Morgan fingerprint density at radius 1 is 0.750 bits per heavy atom. The van der Waals surface area contributed by atoms with Crippen molar-refractivity contribution in [2.45, 2.75) is 9.79 Å². The Labute approximate surface area is 146 Å². The molecule has 24 heavy (non-hydrogen) atoms. The molecule has 0 bridgehead atoms. The highest BCUT2D eigenvalue weighted by Crippen LogP contribution is 2.37. The molecule has 4 heteroatoms. The molecule has 3 aromatic carbocycles. The maximum atomic E-state index is 5.37. The Balaban J connectivity index is 1.88. The van der Waals surface area contributed by atoms with Crippen molar-refractivity contribution in [1.82, 2.24) is 0 Å². The predicted octanol–water partition coefficient (Wildman–Crippen LogP) is 5.60. The lowest BCUT2D eigenvalue weighted by Crippen LogP contribution is -1.94. The zero-order chi connectivity index (χ0) is 16.8. The molecule has 3 rings (SSSR count). The van der Waals surface area contributed by atoms with Gasteiger partial charge in [-0.25, -0.2) is 0 Å². The van der Waals surface area contributed by atoms with Gasteiger partial charge in [0.25, 0.3) is 0 Å². The van der Waals surface area contributed by atoms with E-state index in [4.69, 9.17) is 9.47 Å². The number of methoxy groups -OCH3 is 2. The maximum Gasteiger partial charge on any atom is 0.120 e. The van der Waals surface area contributed by atoms with Gasteiger partial charge in [-0.2, -0.15) is 0 Å². The molecule has 0 unspecified atom stereocenters. The van der Waals surface area contributed by atoms with Crippen LogP contribution in [0.15, 0.2) is 82.6 Å². The summed E-state index contributed by atoms with van der Waals surface area (Å²) < 4.78 is 10.6. The molecule has 0 aliphatic rings. The maximum absolute atomic E-state index is 5.37. The van der Waals surface area contributed by atoms with Crippen LogP contribution in [0.3, 0.4) is 0 Å². The van der Waals surface area contributed by atoms with Crippen LogP contribution in [-0.2, 0) is 0 Å². The van der Waals surface area contributed by atoms with E-state index in [2.05, 4.69) is 17.4 Å². The van der Waals surface area contributed by atoms with Crippen molar-refractivity contribution in [1.29, 1.82) is 0 Å². The van der Waals surface area contributed by atoms with Crippen molar-refractivity contribution in [2.75, 3.05) is 19.5 Å². The molecule has 0 fully saturated rings. The number of ether oxygens (including phenoxy) is 2. The summed E-state index contributed by atoms with van der Waals surface area (Å²) in [7, 11) is 3.35. The number of nitrogens with one attached hydrogen (secondary N) is 1. The molecule has 0 heterocycles. The molecule has 0 spiro atoms. The normalized spacial score (nSPS) is 10.2. The molecule has 0 amide bonds. The zero-order valence-electron chi connectivity index (χ0n) is 13.7. The first-order chi connectivity index (χ1) is 11.8. The second-order valence-corrected chi connectivity index (χ2v) is 6.25. The Kier molecular flexibility index (Phi) is 5.29. The van der Waals surface area contributed by atoms with Crippen molar-refractivity contribution >= 4 is 23.1 Å². The van der Waals surface area contributed by atoms with Crippen LogP contribution in [0.1, 0.15) is 0 Å². The fourth-order valence-corrected chi connectivity index (χ4v) is 3.21. The van der Waals surface area contributed by atoms with Crippen molar-refractivity contribution in [2.24, 2.45) is 0 Å². The van der Waals surface area contributed by atoms with Crippen LogP contribution >= 0.6 is 11.8 Å². The van der Waals surface area contributed by atoms with Crippen molar-refractivity contribution < 1.29 is 9.47 Å². The van der Waals surface area contributed by atoms with Crippen molar-refractivity contribution in [3.63, 3.8) is 0 Å². The molecule has 0 aromatic heterocycles. The molecular weight excluding hydrogens is 318 g/mol. The number of benzene rings is 3. The van der Waals surface area contributed by atoms with E-state index in [1.165, 1.54) is 4.90 Å². The first-order valence-electron chi connectivity index (χ1n) is 7.60. The minimum atomic E-state index is 0.841. The highest BCUT2D eigenvalue weighted by molar-refractivity contribution is 7.99. The lowest BCUT2D eigenvalue weighted by Gasteiger charge is -2.14. The van der Waals surface area contributed by atoms with Gasteiger partial charge in [-0.15, -0.1) is 0 Å². The van der Waals surface area contributed by atoms with Crippen molar-refractivity contribution in [3.8, 4) is 11.5 Å². The van der Waals surface area contributed by atoms with Crippen molar-refractivity contribution in [3.05, 3.63) is 72.8 Å². The van der Waals surface area contributed by atoms with Crippen LogP contribution in [0.4, 0.5) is 11.4 Å². The van der Waals surface area contributed by atoms with Crippen LogP contribution in [-0.4, -0.2) is 14.2 Å². The summed E-state index contributed by atoms with van der Waals surface area (Å²) in [5.74, 6) is 1.68. The third-order valence-electron chi connectivity index (χ3n) is 3.53. The minimum Gasteiger partial charge on any atom is -0.497 e. The van der Waals surface area contributed by atoms with E-state index in [0.29, 0.717) is 0 Å². The van der Waals surface area contributed by atoms with Gasteiger partial charge >= 0.3 is 0 Å². The van der Waals surface area contributed by atoms with E-state index in [-0.39, 0.29) is 0 Å². The summed E-state index contributed by atoms with van der Waals surface area (Å²) in [6.45, 7) is 0.